The van der Waals surface area contributed by atoms with Crippen LogP contribution in [-0.2, 0) is 28.7 Å². The smallest absolute Gasteiger partial charge is 0.408 e. The number of aliphatic hydroxyl groups excluding tert-OH is 1. The number of likely N-dealkylation sites (tertiary alicyclic amines) is 3. The van der Waals surface area contributed by atoms with Crippen molar-refractivity contribution in [2.75, 3.05) is 60.8 Å². The number of aromatic nitrogens is 6. The molecule has 6 aromatic carbocycles. The van der Waals surface area contributed by atoms with Crippen molar-refractivity contribution in [2.45, 2.75) is 135 Å². The van der Waals surface area contributed by atoms with E-state index in [2.05, 4.69) is 51.2 Å². The lowest BCUT2D eigenvalue weighted by atomic mass is 10.0. The van der Waals surface area contributed by atoms with Gasteiger partial charge < -0.3 is 78.9 Å². The molecule has 0 unspecified atom stereocenters. The second kappa shape index (κ2) is 35.8. The molecule has 0 radical (unpaired) electrons. The number of carbonyl (C=O) groups excluding carboxylic acids is 4. The summed E-state index contributed by atoms with van der Waals surface area (Å²) in [5.74, 6) is 0.966. The first kappa shape index (κ1) is 79.2. The summed E-state index contributed by atoms with van der Waals surface area (Å²) in [5, 5.41) is 36.5. The number of aliphatic hydroxyl groups is 1. The molecule has 4 amide bonds. The second-order valence-electron chi connectivity index (χ2n) is 28.7. The monoisotopic (exact) mass is 1480 g/mol. The van der Waals surface area contributed by atoms with Crippen LogP contribution >= 0.6 is 0 Å². The van der Waals surface area contributed by atoms with Crippen LogP contribution in [0.5, 0.6) is 0 Å². The molecule has 3 saturated heterocycles. The van der Waals surface area contributed by atoms with Gasteiger partial charge in [-0.25, -0.2) is 4.79 Å². The number of nitrogens with two attached hydrogens (primary N) is 2. The van der Waals surface area contributed by atoms with Crippen molar-refractivity contribution in [1.82, 2.24) is 50.4 Å². The van der Waals surface area contributed by atoms with E-state index in [1.165, 1.54) is 21.3 Å². The maximum atomic E-state index is 13.7. The largest absolute Gasteiger partial charge is 0.444 e. The normalized spacial score (nSPS) is 17.9. The average molecular weight is 1480 g/mol. The predicted molar refractivity (Wildman–Crippen MR) is 402 cm³/mol. The third-order valence-electron chi connectivity index (χ3n) is 17.1. The van der Waals surface area contributed by atoms with Gasteiger partial charge in [-0.1, -0.05) is 158 Å². The van der Waals surface area contributed by atoms with E-state index < -0.39 is 53.5 Å². The molecule has 12 rings (SSSR count). The molecule has 568 valence electrons. The van der Waals surface area contributed by atoms with Crippen molar-refractivity contribution >= 4 is 40.9 Å². The van der Waals surface area contributed by atoms with Crippen LogP contribution in [-0.4, -0.2) is 169 Å². The molecule has 0 aliphatic carbocycles. The first-order chi connectivity index (χ1) is 51.7. The highest BCUT2D eigenvalue weighted by molar-refractivity contribution is 6.03. The second-order valence-corrected chi connectivity index (χ2v) is 28.7. The number of ether oxygens (including phenoxy) is 3. The van der Waals surface area contributed by atoms with Crippen molar-refractivity contribution < 1.29 is 66.6 Å². The van der Waals surface area contributed by atoms with E-state index >= 15 is 0 Å². The Kier molecular flexibility index (Phi) is 26.3. The molecule has 0 bridgehead atoms. The lowest BCUT2D eigenvalue weighted by Crippen LogP contribution is -2.38. The summed E-state index contributed by atoms with van der Waals surface area (Å²) in [7, 11) is 4.40. The lowest BCUT2D eigenvalue weighted by molar-refractivity contribution is -0.0213. The summed E-state index contributed by atoms with van der Waals surface area (Å²) in [6.45, 7) is 17.7. The third-order valence-corrected chi connectivity index (χ3v) is 17.1. The van der Waals surface area contributed by atoms with Crippen LogP contribution in [0, 0.1) is 0 Å². The number of benzene rings is 6. The van der Waals surface area contributed by atoms with Gasteiger partial charge in [0.2, 0.25) is 11.8 Å². The van der Waals surface area contributed by atoms with Crippen LogP contribution in [0.2, 0.25) is 0 Å². The number of hydrogen-bond donors (Lipinski definition) is 4. The maximum Gasteiger partial charge on any atom is 0.408 e. The zero-order valence-corrected chi connectivity index (χ0v) is 62.7. The predicted octanol–water partition coefficient (Wildman–Crippen LogP) is 12.2. The van der Waals surface area contributed by atoms with Crippen LogP contribution in [0.4, 0.5) is 4.79 Å². The highest BCUT2D eigenvalue weighted by atomic mass is 16.6. The molecule has 6 atom stereocenters. The standard InChI is InChI=1S/C31H39N5O6.C26H31N5O4.C22H23N5O4/c1-30(2,3)40-19-24(32-29(38)41-31(4,5)6)27-33-26(35-42-27)25-17-23(34-39-7)18-36(25)28(37)22-15-13-21(14-16-22)20-11-9-8-10-12-20;1-26(2,3)34-16-21(27)24-28-23(30-35-24)22-14-20(29-33-4)15-31(22)25(32)19-12-10-18(11-13-19)17-8-6-5-7-9-17;1-30-25-17-11-19(20-24-21(31-26-20)18(23)13-28)27(12-17)22(29)16-9-7-15(8-10-16)14-5-3-2-4-6-14/h8-16,24-25H,17-19H2,1-7H3,(H,32,38);5-13,21-22H,14-16,27H2,1-4H3;2-10,18-19,28H,11-13,23H2,1H3/t24-,25-;21-,22-;18-,19-/m000/s1. The fourth-order valence-electron chi connectivity index (χ4n) is 11.9. The van der Waals surface area contributed by atoms with E-state index in [0.717, 1.165) is 39.1 Å². The Morgan fingerprint density at radius 1 is 0.454 bits per heavy atom. The SMILES string of the molecule is CON=C1C[C@@H](c2noc([C@@H](N)CO)n2)N(C(=O)c2ccc(-c3ccccc3)cc2)C1.CON=C1C[C@@H](c2noc([C@@H](N)COC(C)(C)C)n2)N(C(=O)c2ccc(-c3ccccc3)cc2)C1.CON=C1C[C@@H](c2noc([C@H](COC(C)(C)C)NC(=O)OC(C)(C)C)n2)N(C(=O)c2ccc(-c3ccccc3)cc2)C1. The quantitative estimate of drug-likeness (QED) is 0.0485. The molecular formula is C79H93N15O14. The fourth-order valence-corrected chi connectivity index (χ4v) is 11.9. The summed E-state index contributed by atoms with van der Waals surface area (Å²) in [6, 6.07) is 48.8. The van der Waals surface area contributed by atoms with Crippen molar-refractivity contribution in [1.29, 1.82) is 0 Å². The van der Waals surface area contributed by atoms with E-state index in [1.54, 1.807) is 59.7 Å². The molecule has 3 fully saturated rings. The molecule has 3 aliphatic rings. The molecule has 0 saturated carbocycles. The van der Waals surface area contributed by atoms with Crippen LogP contribution in [0.3, 0.4) is 0 Å². The number of alkyl carbamates (subject to hydrolysis) is 1. The third kappa shape index (κ3) is 21.2. The van der Waals surface area contributed by atoms with Gasteiger partial charge in [0, 0.05) is 36.0 Å². The number of hydrogen-bond acceptors (Lipinski definition) is 25. The topological polar surface area (TPSA) is 372 Å². The minimum atomic E-state index is -0.775. The molecule has 0 spiro atoms. The summed E-state index contributed by atoms with van der Waals surface area (Å²) in [4.78, 5) is 86.3. The first-order valence-electron chi connectivity index (χ1n) is 35.2. The Balaban J connectivity index is 0.000000175. The van der Waals surface area contributed by atoms with Gasteiger partial charge in [-0.05, 0) is 132 Å². The Labute approximate surface area is 626 Å². The van der Waals surface area contributed by atoms with Crippen molar-refractivity contribution in [3.8, 4) is 33.4 Å². The number of rotatable bonds is 21. The summed E-state index contributed by atoms with van der Waals surface area (Å²) >= 11 is 0. The minimum absolute atomic E-state index is 0.0713. The van der Waals surface area contributed by atoms with Crippen LogP contribution in [0.1, 0.15) is 184 Å². The highest BCUT2D eigenvalue weighted by Gasteiger charge is 2.42. The summed E-state index contributed by atoms with van der Waals surface area (Å²) < 4.78 is 33.3. The summed E-state index contributed by atoms with van der Waals surface area (Å²) in [6.07, 6.45) is 0.572. The van der Waals surface area contributed by atoms with Crippen molar-refractivity contribution in [3.05, 3.63) is 216 Å². The van der Waals surface area contributed by atoms with Gasteiger partial charge in [0.15, 0.2) is 17.5 Å². The molecule has 6 heterocycles. The van der Waals surface area contributed by atoms with Gasteiger partial charge in [0.05, 0.1) is 67.8 Å². The minimum Gasteiger partial charge on any atom is -0.444 e. The van der Waals surface area contributed by atoms with Crippen LogP contribution in [0.15, 0.2) is 193 Å². The first-order valence-corrected chi connectivity index (χ1v) is 35.2. The highest BCUT2D eigenvalue weighted by Crippen LogP contribution is 2.36. The molecule has 29 nitrogen and oxygen atoms in total. The molecule has 6 N–H and O–H groups in total. The average Bonchev–Trinajstić information content (AvgIpc) is 1.65. The number of amides is 4. The van der Waals surface area contributed by atoms with Gasteiger partial charge >= 0.3 is 6.09 Å². The van der Waals surface area contributed by atoms with Gasteiger partial charge in [-0.15, -0.1) is 0 Å². The summed E-state index contributed by atoms with van der Waals surface area (Å²) in [5.41, 5.74) is 20.5. The molecular weight excluding hydrogens is 1380 g/mol. The van der Waals surface area contributed by atoms with Crippen LogP contribution in [0.25, 0.3) is 33.4 Å². The maximum absolute atomic E-state index is 13.7. The Morgan fingerprint density at radius 3 is 1.07 bits per heavy atom. The fraction of sp³-hybridized carbons (Fsp3) is 0.380. The van der Waals surface area contributed by atoms with E-state index in [-0.39, 0.29) is 79.7 Å². The van der Waals surface area contributed by atoms with Gasteiger partial charge in [-0.2, -0.15) is 15.0 Å². The van der Waals surface area contributed by atoms with E-state index in [4.69, 9.17) is 53.8 Å². The molecule has 29 heteroatoms. The van der Waals surface area contributed by atoms with Crippen molar-refractivity contribution in [3.63, 3.8) is 0 Å². The Hall–Kier alpha value is -11.4. The number of carbonyl (C=O) groups is 4. The van der Waals surface area contributed by atoms with E-state index in [0.29, 0.717) is 65.6 Å². The Morgan fingerprint density at radius 2 is 0.759 bits per heavy atom. The van der Waals surface area contributed by atoms with E-state index in [9.17, 15) is 24.3 Å². The lowest BCUT2D eigenvalue weighted by Gasteiger charge is -2.25. The van der Waals surface area contributed by atoms with Gasteiger partial charge in [0.25, 0.3) is 23.6 Å². The zero-order valence-electron chi connectivity index (χ0n) is 62.7. The van der Waals surface area contributed by atoms with Gasteiger partial charge in [-0.3, -0.25) is 14.4 Å². The number of nitrogens with one attached hydrogen (secondary N) is 1. The number of nitrogens with zero attached hydrogens (tertiary/aromatic N) is 12. The van der Waals surface area contributed by atoms with Crippen LogP contribution < -0.4 is 16.8 Å². The van der Waals surface area contributed by atoms with Gasteiger partial charge in [0.1, 0.15) is 63.2 Å². The van der Waals surface area contributed by atoms with Crippen molar-refractivity contribution in [2.24, 2.45) is 26.9 Å². The van der Waals surface area contributed by atoms with E-state index in [1.807, 2.05) is 181 Å². The Bertz CT molecular complexity index is 4530. The molecule has 3 aliphatic heterocycles. The molecule has 108 heavy (non-hydrogen) atoms. The molecule has 9 aromatic rings. The molecule has 3 aromatic heterocycles. The zero-order chi connectivity index (χ0) is 77.3. The number of oxime groups is 3.